The van der Waals surface area contributed by atoms with Gasteiger partial charge in [-0.2, -0.15) is 0 Å². The van der Waals surface area contributed by atoms with Crippen LogP contribution in [0.15, 0.2) is 53.4 Å². The number of carbonyl (C=O) groups is 2. The number of sulfonamides is 1. The summed E-state index contributed by atoms with van der Waals surface area (Å²) in [4.78, 5) is 30.0. The molecule has 12 heteroatoms. The third-order valence-electron chi connectivity index (χ3n) is 6.72. The van der Waals surface area contributed by atoms with Gasteiger partial charge in [0.2, 0.25) is 15.9 Å². The number of amides is 2. The number of benzene rings is 2. The highest BCUT2D eigenvalue weighted by Gasteiger charge is 2.23. The van der Waals surface area contributed by atoms with Crippen LogP contribution in [-0.2, 0) is 14.8 Å². The molecule has 2 aromatic carbocycles. The maximum atomic E-state index is 12.8. The van der Waals surface area contributed by atoms with Gasteiger partial charge in [0.1, 0.15) is 4.90 Å². The molecule has 1 fully saturated rings. The Hall–Kier alpha value is -2.21. The number of hydrogen-bond acceptors (Lipinski definition) is 6. The van der Waals surface area contributed by atoms with Crippen LogP contribution in [0.3, 0.4) is 0 Å². The molecule has 4 rings (SSSR count). The van der Waals surface area contributed by atoms with Gasteiger partial charge in [-0.15, -0.1) is 11.3 Å². The topological polar surface area (TPSA) is 98.8 Å². The van der Waals surface area contributed by atoms with E-state index in [0.717, 1.165) is 16.5 Å². The molecule has 0 bridgehead atoms. The summed E-state index contributed by atoms with van der Waals surface area (Å²) in [6.45, 7) is 5.87. The molecule has 0 radical (unpaired) electrons. The molecule has 2 N–H and O–H groups in total. The van der Waals surface area contributed by atoms with E-state index >= 15 is 0 Å². The molecule has 2 amide bonds. The van der Waals surface area contributed by atoms with E-state index < -0.39 is 10.0 Å². The Balaban J connectivity index is 1.13. The molecule has 8 nitrogen and oxygen atoms in total. The largest absolute Gasteiger partial charge is 0.351 e. The first-order chi connectivity index (χ1) is 18.6. The Morgan fingerprint density at radius 3 is 2.49 bits per heavy atom. The Morgan fingerprint density at radius 2 is 1.77 bits per heavy atom. The van der Waals surface area contributed by atoms with Gasteiger partial charge in [0.15, 0.2) is 0 Å². The molecule has 3 aromatic rings. The summed E-state index contributed by atoms with van der Waals surface area (Å²) in [5, 5.41) is 4.49. The van der Waals surface area contributed by atoms with E-state index in [1.165, 1.54) is 29.5 Å². The number of nitrogens with one attached hydrogen (secondary N) is 2. The summed E-state index contributed by atoms with van der Waals surface area (Å²) >= 11 is 13.4. The molecule has 0 spiro atoms. The van der Waals surface area contributed by atoms with Crippen LogP contribution in [-0.4, -0.2) is 75.8 Å². The minimum Gasteiger partial charge on any atom is -0.351 e. The van der Waals surface area contributed by atoms with Gasteiger partial charge in [0.05, 0.1) is 9.90 Å². The third kappa shape index (κ3) is 8.15. The predicted molar refractivity (Wildman–Crippen MR) is 157 cm³/mol. The normalized spacial score (nSPS) is 15.4. The lowest BCUT2D eigenvalue weighted by Crippen LogP contribution is -2.50. The van der Waals surface area contributed by atoms with Crippen LogP contribution < -0.4 is 10.0 Å². The molecule has 2 heterocycles. The predicted octanol–water partition coefficient (Wildman–Crippen LogP) is 4.48. The SMILES string of the molecule is CC(CCNC(=O)c1cc2ccccc2s1)CC(=O)N1CCN(CCNS(=O)(=O)c2ccc(Cl)cc2Cl)CC1. The number of carbonyl (C=O) groups excluding carboxylic acids is 2. The monoisotopic (exact) mass is 610 g/mol. The molecule has 1 atom stereocenters. The van der Waals surface area contributed by atoms with Crippen LogP contribution in [0.5, 0.6) is 0 Å². The van der Waals surface area contributed by atoms with Crippen molar-refractivity contribution in [3.63, 3.8) is 0 Å². The van der Waals surface area contributed by atoms with Crippen molar-refractivity contribution >= 4 is 66.5 Å². The molecular formula is C27H32Cl2N4O4S2. The molecular weight excluding hydrogens is 579 g/mol. The number of fused-ring (bicyclic) bond motifs is 1. The highest BCUT2D eigenvalue weighted by atomic mass is 35.5. The van der Waals surface area contributed by atoms with Gasteiger partial charge in [0.25, 0.3) is 5.91 Å². The molecule has 0 aliphatic carbocycles. The van der Waals surface area contributed by atoms with Crippen LogP contribution in [0.25, 0.3) is 10.1 Å². The Labute approximate surface area is 243 Å². The minimum atomic E-state index is -3.74. The summed E-state index contributed by atoms with van der Waals surface area (Å²) < 4.78 is 28.7. The van der Waals surface area contributed by atoms with E-state index in [9.17, 15) is 18.0 Å². The Morgan fingerprint density at radius 1 is 1.03 bits per heavy atom. The molecule has 1 aliphatic rings. The number of thiophene rings is 1. The zero-order chi connectivity index (χ0) is 28.0. The van der Waals surface area contributed by atoms with Crippen LogP contribution in [0.2, 0.25) is 10.0 Å². The van der Waals surface area contributed by atoms with E-state index in [0.29, 0.717) is 55.6 Å². The van der Waals surface area contributed by atoms with Crippen molar-refractivity contribution in [2.75, 3.05) is 45.8 Å². The Bertz CT molecular complexity index is 1390. The second-order valence-electron chi connectivity index (χ2n) is 9.70. The summed E-state index contributed by atoms with van der Waals surface area (Å²) in [6.07, 6.45) is 1.15. The molecule has 210 valence electrons. The van der Waals surface area contributed by atoms with Crippen molar-refractivity contribution < 1.29 is 18.0 Å². The fraction of sp³-hybridized carbons (Fsp3) is 0.407. The Kier molecular flexibility index (Phi) is 10.3. The summed E-state index contributed by atoms with van der Waals surface area (Å²) in [5.41, 5.74) is 0. The number of nitrogens with zero attached hydrogens (tertiary/aromatic N) is 2. The van der Waals surface area contributed by atoms with E-state index in [1.54, 1.807) is 0 Å². The van der Waals surface area contributed by atoms with Gasteiger partial charge in [-0.3, -0.25) is 14.5 Å². The lowest BCUT2D eigenvalue weighted by Gasteiger charge is -2.35. The standard InChI is InChI=1S/C27H32Cl2N4O4S2/c1-19(8-9-30-27(35)24-17-20-4-2-3-5-23(20)38-24)16-26(34)33-14-12-32(13-15-33)11-10-31-39(36,37)25-7-6-21(28)18-22(25)29/h2-7,17-19,31H,8-16H2,1H3,(H,30,35). The average Bonchev–Trinajstić information content (AvgIpc) is 3.33. The van der Waals surface area contributed by atoms with Crippen molar-refractivity contribution in [1.82, 2.24) is 19.8 Å². The summed E-state index contributed by atoms with van der Waals surface area (Å²) in [7, 11) is -3.74. The fourth-order valence-electron chi connectivity index (χ4n) is 4.47. The summed E-state index contributed by atoms with van der Waals surface area (Å²) in [6, 6.07) is 14.1. The first kappa shape index (κ1) is 29.8. The van der Waals surface area contributed by atoms with Crippen molar-refractivity contribution in [3.8, 4) is 0 Å². The zero-order valence-corrected chi connectivity index (χ0v) is 24.8. The molecule has 1 aromatic heterocycles. The number of piperazine rings is 1. The van der Waals surface area contributed by atoms with Gasteiger partial charge < -0.3 is 10.2 Å². The third-order valence-corrected chi connectivity index (χ3v) is 10.0. The van der Waals surface area contributed by atoms with Crippen LogP contribution >= 0.6 is 34.5 Å². The van der Waals surface area contributed by atoms with Crippen molar-refractivity contribution in [1.29, 1.82) is 0 Å². The van der Waals surface area contributed by atoms with Crippen molar-refractivity contribution in [2.24, 2.45) is 5.92 Å². The van der Waals surface area contributed by atoms with Crippen LogP contribution in [0.4, 0.5) is 0 Å². The number of rotatable bonds is 11. The zero-order valence-electron chi connectivity index (χ0n) is 21.7. The van der Waals surface area contributed by atoms with Crippen LogP contribution in [0, 0.1) is 5.92 Å². The van der Waals surface area contributed by atoms with E-state index in [-0.39, 0.29) is 34.2 Å². The minimum absolute atomic E-state index is 0.00208. The van der Waals surface area contributed by atoms with E-state index in [2.05, 4.69) is 14.9 Å². The van der Waals surface area contributed by atoms with E-state index in [1.807, 2.05) is 42.2 Å². The second kappa shape index (κ2) is 13.4. The first-order valence-electron chi connectivity index (χ1n) is 12.8. The quantitative estimate of drug-likeness (QED) is 0.333. The molecule has 39 heavy (non-hydrogen) atoms. The van der Waals surface area contributed by atoms with Gasteiger partial charge in [-0.05, 0) is 48.1 Å². The average molecular weight is 612 g/mol. The maximum Gasteiger partial charge on any atom is 0.261 e. The fourth-order valence-corrected chi connectivity index (χ4v) is 7.24. The van der Waals surface area contributed by atoms with Gasteiger partial charge >= 0.3 is 0 Å². The van der Waals surface area contributed by atoms with Crippen molar-refractivity contribution in [2.45, 2.75) is 24.7 Å². The lowest BCUT2D eigenvalue weighted by molar-refractivity contribution is -0.133. The molecule has 1 saturated heterocycles. The van der Waals surface area contributed by atoms with Gasteiger partial charge in [-0.25, -0.2) is 13.1 Å². The smallest absolute Gasteiger partial charge is 0.261 e. The van der Waals surface area contributed by atoms with Gasteiger partial charge in [0, 0.05) is 62.0 Å². The molecule has 1 unspecified atom stereocenters. The highest BCUT2D eigenvalue weighted by molar-refractivity contribution is 7.89. The number of halogens is 2. The molecule has 0 saturated carbocycles. The maximum absolute atomic E-state index is 12.8. The highest BCUT2D eigenvalue weighted by Crippen LogP contribution is 2.26. The van der Waals surface area contributed by atoms with Crippen LogP contribution in [0.1, 0.15) is 29.4 Å². The summed E-state index contributed by atoms with van der Waals surface area (Å²) in [5.74, 6) is 0.174. The number of hydrogen-bond donors (Lipinski definition) is 2. The lowest BCUT2D eigenvalue weighted by atomic mass is 10.0. The second-order valence-corrected chi connectivity index (χ2v) is 13.4. The van der Waals surface area contributed by atoms with Crippen molar-refractivity contribution in [3.05, 3.63) is 63.5 Å². The van der Waals surface area contributed by atoms with Gasteiger partial charge in [-0.1, -0.05) is 48.3 Å². The molecule has 1 aliphatic heterocycles. The first-order valence-corrected chi connectivity index (χ1v) is 15.9. The van der Waals surface area contributed by atoms with E-state index in [4.69, 9.17) is 23.2 Å².